The lowest BCUT2D eigenvalue weighted by atomic mass is 9.84. The Morgan fingerprint density at radius 1 is 1.44 bits per heavy atom. The lowest BCUT2D eigenvalue weighted by Crippen LogP contribution is -2.53. The molecule has 0 aromatic rings. The number of nitrogens with zero attached hydrogens (tertiary/aromatic N) is 1. The number of morpholine rings is 1. The second-order valence-corrected chi connectivity index (χ2v) is 5.12. The van der Waals surface area contributed by atoms with Crippen LogP contribution >= 0.6 is 12.4 Å². The van der Waals surface area contributed by atoms with Crippen LogP contribution in [0.25, 0.3) is 0 Å². The summed E-state index contributed by atoms with van der Waals surface area (Å²) in [6, 6.07) is 0. The van der Waals surface area contributed by atoms with Crippen LogP contribution in [0, 0.1) is 5.41 Å². The molecule has 1 atom stereocenters. The van der Waals surface area contributed by atoms with E-state index in [0.717, 1.165) is 25.7 Å². The van der Waals surface area contributed by atoms with Gasteiger partial charge in [0, 0.05) is 19.6 Å². The molecule has 0 spiro atoms. The lowest BCUT2D eigenvalue weighted by Gasteiger charge is -2.38. The largest absolute Gasteiger partial charge is 0.394 e. The first-order chi connectivity index (χ1) is 8.22. The predicted octanol–water partition coefficient (Wildman–Crippen LogP) is 0.147. The van der Waals surface area contributed by atoms with Crippen molar-refractivity contribution in [3.63, 3.8) is 0 Å². The number of hydrogen-bond acceptors (Lipinski definition) is 4. The number of rotatable bonds is 3. The van der Waals surface area contributed by atoms with Crippen LogP contribution in [0.2, 0.25) is 0 Å². The molecule has 0 bridgehead atoms. The second kappa shape index (κ2) is 6.70. The number of halogens is 1. The van der Waals surface area contributed by atoms with Crippen molar-refractivity contribution in [3.05, 3.63) is 0 Å². The SMILES string of the molecule is Cl.NCC1(C(=O)N2CCOC(CO)C2)CCCC1. The molecule has 1 saturated carbocycles. The monoisotopic (exact) mass is 278 g/mol. The minimum atomic E-state index is -0.336. The van der Waals surface area contributed by atoms with Gasteiger partial charge in [-0.2, -0.15) is 0 Å². The summed E-state index contributed by atoms with van der Waals surface area (Å²) in [6.45, 7) is 2.04. The maximum absolute atomic E-state index is 12.5. The van der Waals surface area contributed by atoms with Gasteiger partial charge in [0.1, 0.15) is 0 Å². The molecular formula is C12H23ClN2O3. The first kappa shape index (κ1) is 15.7. The van der Waals surface area contributed by atoms with Crippen LogP contribution in [0.3, 0.4) is 0 Å². The Hall–Kier alpha value is -0.360. The topological polar surface area (TPSA) is 75.8 Å². The molecule has 1 aliphatic carbocycles. The van der Waals surface area contributed by atoms with E-state index in [9.17, 15) is 4.79 Å². The van der Waals surface area contributed by atoms with Crippen LogP contribution in [0.15, 0.2) is 0 Å². The summed E-state index contributed by atoms with van der Waals surface area (Å²) in [7, 11) is 0. The summed E-state index contributed by atoms with van der Waals surface area (Å²) >= 11 is 0. The highest BCUT2D eigenvalue weighted by Gasteiger charge is 2.43. The van der Waals surface area contributed by atoms with E-state index < -0.39 is 0 Å². The fraction of sp³-hybridized carbons (Fsp3) is 0.917. The van der Waals surface area contributed by atoms with Crippen molar-refractivity contribution in [2.45, 2.75) is 31.8 Å². The average Bonchev–Trinajstić information content (AvgIpc) is 2.88. The Morgan fingerprint density at radius 2 is 2.11 bits per heavy atom. The lowest BCUT2D eigenvalue weighted by molar-refractivity contribution is -0.150. The van der Waals surface area contributed by atoms with Gasteiger partial charge in [-0.25, -0.2) is 0 Å². The molecule has 6 heteroatoms. The second-order valence-electron chi connectivity index (χ2n) is 5.12. The van der Waals surface area contributed by atoms with Crippen molar-refractivity contribution >= 4 is 18.3 Å². The minimum absolute atomic E-state index is 0. The molecule has 0 aromatic carbocycles. The van der Waals surface area contributed by atoms with Gasteiger partial charge in [-0.05, 0) is 12.8 Å². The predicted molar refractivity (Wildman–Crippen MR) is 70.6 cm³/mol. The van der Waals surface area contributed by atoms with E-state index >= 15 is 0 Å². The number of ether oxygens (including phenoxy) is 1. The molecule has 0 radical (unpaired) electrons. The molecule has 2 aliphatic rings. The summed E-state index contributed by atoms with van der Waals surface area (Å²) in [6.07, 6.45) is 3.77. The average molecular weight is 279 g/mol. The molecule has 18 heavy (non-hydrogen) atoms. The van der Waals surface area contributed by atoms with E-state index in [4.69, 9.17) is 15.6 Å². The zero-order valence-electron chi connectivity index (χ0n) is 10.6. The molecular weight excluding hydrogens is 256 g/mol. The van der Waals surface area contributed by atoms with Gasteiger partial charge in [-0.1, -0.05) is 12.8 Å². The molecule has 1 aliphatic heterocycles. The third-order valence-corrected chi connectivity index (χ3v) is 4.03. The first-order valence-corrected chi connectivity index (χ1v) is 6.44. The van der Waals surface area contributed by atoms with Gasteiger partial charge in [0.25, 0.3) is 0 Å². The van der Waals surface area contributed by atoms with E-state index in [1.807, 2.05) is 4.90 Å². The molecule has 1 amide bonds. The standard InChI is InChI=1S/C12H22N2O3.ClH/c13-9-12(3-1-2-4-12)11(16)14-5-6-17-10(7-14)8-15;/h10,15H,1-9,13H2;1H. The number of aliphatic hydroxyl groups is 1. The molecule has 1 unspecified atom stereocenters. The van der Waals surface area contributed by atoms with E-state index in [0.29, 0.717) is 26.2 Å². The van der Waals surface area contributed by atoms with Crippen LogP contribution in [-0.4, -0.2) is 54.9 Å². The number of nitrogens with two attached hydrogens (primary N) is 1. The van der Waals surface area contributed by atoms with E-state index in [1.165, 1.54) is 0 Å². The zero-order chi connectivity index (χ0) is 12.3. The summed E-state index contributed by atoms with van der Waals surface area (Å²) in [5, 5.41) is 9.09. The molecule has 5 nitrogen and oxygen atoms in total. The summed E-state index contributed by atoms with van der Waals surface area (Å²) in [4.78, 5) is 14.3. The zero-order valence-corrected chi connectivity index (χ0v) is 11.5. The van der Waals surface area contributed by atoms with Crippen molar-refractivity contribution in [3.8, 4) is 0 Å². The van der Waals surface area contributed by atoms with Crippen LogP contribution in [0.1, 0.15) is 25.7 Å². The Kier molecular flexibility index (Phi) is 5.85. The summed E-state index contributed by atoms with van der Waals surface area (Å²) < 4.78 is 5.36. The Labute approximate surface area is 114 Å². The third-order valence-electron chi connectivity index (χ3n) is 4.03. The Balaban J connectivity index is 0.00000162. The van der Waals surface area contributed by atoms with Crippen molar-refractivity contribution < 1.29 is 14.6 Å². The quantitative estimate of drug-likeness (QED) is 0.770. The molecule has 3 N–H and O–H groups in total. The van der Waals surface area contributed by atoms with Gasteiger partial charge in [0.05, 0.1) is 24.7 Å². The van der Waals surface area contributed by atoms with Gasteiger partial charge < -0.3 is 20.5 Å². The van der Waals surface area contributed by atoms with Crippen molar-refractivity contribution in [1.29, 1.82) is 0 Å². The number of hydrogen-bond donors (Lipinski definition) is 2. The number of carbonyl (C=O) groups excluding carboxylic acids is 1. The van der Waals surface area contributed by atoms with Crippen LogP contribution < -0.4 is 5.73 Å². The molecule has 106 valence electrons. The number of carbonyl (C=O) groups is 1. The summed E-state index contributed by atoms with van der Waals surface area (Å²) in [5.41, 5.74) is 5.48. The highest BCUT2D eigenvalue weighted by Crippen LogP contribution is 2.39. The van der Waals surface area contributed by atoms with Gasteiger partial charge in [0.2, 0.25) is 5.91 Å². The minimum Gasteiger partial charge on any atom is -0.394 e. The molecule has 2 fully saturated rings. The van der Waals surface area contributed by atoms with Gasteiger partial charge >= 0.3 is 0 Å². The molecule has 2 rings (SSSR count). The third kappa shape index (κ3) is 2.96. The van der Waals surface area contributed by atoms with E-state index in [1.54, 1.807) is 0 Å². The van der Waals surface area contributed by atoms with Crippen molar-refractivity contribution in [2.75, 3.05) is 32.8 Å². The Bertz CT molecular complexity index is 282. The number of amides is 1. The van der Waals surface area contributed by atoms with Crippen LogP contribution in [-0.2, 0) is 9.53 Å². The highest BCUT2D eigenvalue weighted by molar-refractivity contribution is 5.85. The van der Waals surface area contributed by atoms with Gasteiger partial charge in [0.15, 0.2) is 0 Å². The fourth-order valence-corrected chi connectivity index (χ4v) is 2.91. The first-order valence-electron chi connectivity index (χ1n) is 6.44. The maximum atomic E-state index is 12.5. The fourth-order valence-electron chi connectivity index (χ4n) is 2.91. The molecule has 0 aromatic heterocycles. The van der Waals surface area contributed by atoms with E-state index in [-0.39, 0.29) is 36.4 Å². The van der Waals surface area contributed by atoms with Crippen molar-refractivity contribution in [2.24, 2.45) is 11.1 Å². The normalized spacial score (nSPS) is 26.8. The highest BCUT2D eigenvalue weighted by atomic mass is 35.5. The number of aliphatic hydroxyl groups excluding tert-OH is 1. The molecule has 1 saturated heterocycles. The summed E-state index contributed by atoms with van der Waals surface area (Å²) in [5.74, 6) is 0.166. The van der Waals surface area contributed by atoms with E-state index in [2.05, 4.69) is 0 Å². The van der Waals surface area contributed by atoms with Gasteiger partial charge in [-0.15, -0.1) is 12.4 Å². The Morgan fingerprint density at radius 3 is 2.67 bits per heavy atom. The van der Waals surface area contributed by atoms with Crippen molar-refractivity contribution in [1.82, 2.24) is 4.90 Å². The van der Waals surface area contributed by atoms with Crippen LogP contribution in [0.5, 0.6) is 0 Å². The van der Waals surface area contributed by atoms with Gasteiger partial charge in [-0.3, -0.25) is 4.79 Å². The smallest absolute Gasteiger partial charge is 0.230 e. The molecule has 1 heterocycles. The maximum Gasteiger partial charge on any atom is 0.230 e. The van der Waals surface area contributed by atoms with Crippen LogP contribution in [0.4, 0.5) is 0 Å².